The lowest BCUT2D eigenvalue weighted by Crippen LogP contribution is -2.24. The molecule has 5 aromatic heterocycles. The number of rotatable bonds is 5. The molecule has 1 saturated carbocycles. The summed E-state index contributed by atoms with van der Waals surface area (Å²) < 4.78 is 13.5. The number of fused-ring (bicyclic) bond motifs is 2. The summed E-state index contributed by atoms with van der Waals surface area (Å²) in [6.45, 7) is 0. The molecule has 7 rings (SSSR count). The Balaban J connectivity index is 1.22. The lowest BCUT2D eigenvalue weighted by atomic mass is 9.88. The Bertz CT molecular complexity index is 1850. The predicted octanol–water partition coefficient (Wildman–Crippen LogP) is 6.28. The third-order valence-corrected chi connectivity index (χ3v) is 7.50. The van der Waals surface area contributed by atoms with Crippen molar-refractivity contribution >= 4 is 33.5 Å². The number of pyridine rings is 3. The monoisotopic (exact) mass is 532 g/mol. The topological polar surface area (TPSA) is 125 Å². The molecule has 40 heavy (non-hydrogen) atoms. The van der Waals surface area contributed by atoms with Crippen molar-refractivity contribution in [3.05, 3.63) is 73.2 Å². The second-order valence-corrected chi connectivity index (χ2v) is 10.1. The highest BCUT2D eigenvalue weighted by Crippen LogP contribution is 2.32. The summed E-state index contributed by atoms with van der Waals surface area (Å²) in [5.41, 5.74) is 6.59. The van der Waals surface area contributed by atoms with Gasteiger partial charge in [-0.05, 0) is 42.7 Å². The smallest absolute Gasteiger partial charge is 0.227 e. The van der Waals surface area contributed by atoms with Gasteiger partial charge in [0.1, 0.15) is 11.5 Å². The van der Waals surface area contributed by atoms with Crippen LogP contribution < -0.4 is 5.32 Å². The number of nitrogens with zero attached hydrogens (tertiary/aromatic N) is 5. The quantitative estimate of drug-likeness (QED) is 0.240. The van der Waals surface area contributed by atoms with Crippen molar-refractivity contribution in [3.8, 4) is 33.9 Å². The van der Waals surface area contributed by atoms with Crippen molar-refractivity contribution in [2.45, 2.75) is 32.1 Å². The number of imidazole rings is 1. The summed E-state index contributed by atoms with van der Waals surface area (Å²) in [6, 6.07) is 10.1. The van der Waals surface area contributed by atoms with E-state index in [1.807, 2.05) is 12.1 Å². The number of hydrogen-bond donors (Lipinski definition) is 3. The van der Waals surface area contributed by atoms with Gasteiger partial charge >= 0.3 is 0 Å². The molecule has 198 valence electrons. The van der Waals surface area contributed by atoms with Crippen LogP contribution in [-0.4, -0.2) is 41.0 Å². The molecule has 0 radical (unpaired) electrons. The molecular formula is C30H25FN8O. The van der Waals surface area contributed by atoms with Gasteiger partial charge in [0, 0.05) is 34.8 Å². The molecule has 1 fully saturated rings. The van der Waals surface area contributed by atoms with Gasteiger partial charge in [-0.25, -0.2) is 9.37 Å². The third kappa shape index (κ3) is 4.47. The lowest BCUT2D eigenvalue weighted by molar-refractivity contribution is -0.120. The van der Waals surface area contributed by atoms with Crippen LogP contribution in [0.25, 0.3) is 55.8 Å². The standard InChI is InChI=1S/C30H25FN8O/c31-20-8-6-17(7-9-20)23-14-33-15-26-27(23)37-29(36-26)28-22-11-24(34-16-25(22)38-39-28)19-10-21(13-32-12-19)35-30(40)18-4-2-1-3-5-18/h6-16,18H,1-5H2,(H,35,40)(H,36,37)(H,38,39). The number of benzene rings is 1. The molecule has 10 heteroatoms. The summed E-state index contributed by atoms with van der Waals surface area (Å²) in [6.07, 6.45) is 13.8. The van der Waals surface area contributed by atoms with Gasteiger partial charge in [0.25, 0.3) is 0 Å². The van der Waals surface area contributed by atoms with E-state index in [2.05, 4.69) is 35.5 Å². The molecule has 9 nitrogen and oxygen atoms in total. The Morgan fingerprint density at radius 3 is 2.58 bits per heavy atom. The Kier molecular flexibility index (Phi) is 5.99. The molecule has 6 aromatic rings. The summed E-state index contributed by atoms with van der Waals surface area (Å²) >= 11 is 0. The van der Waals surface area contributed by atoms with E-state index >= 15 is 0 Å². The zero-order valence-corrected chi connectivity index (χ0v) is 21.5. The van der Waals surface area contributed by atoms with Gasteiger partial charge in [-0.15, -0.1) is 0 Å². The fourth-order valence-corrected chi connectivity index (χ4v) is 5.40. The number of nitrogens with one attached hydrogen (secondary N) is 3. The fraction of sp³-hybridized carbons (Fsp3) is 0.200. The molecule has 0 aliphatic heterocycles. The second-order valence-electron chi connectivity index (χ2n) is 10.1. The van der Waals surface area contributed by atoms with Crippen LogP contribution in [0.1, 0.15) is 32.1 Å². The number of carbonyl (C=O) groups is 1. The van der Waals surface area contributed by atoms with E-state index in [1.165, 1.54) is 18.6 Å². The molecule has 0 unspecified atom stereocenters. The van der Waals surface area contributed by atoms with E-state index in [4.69, 9.17) is 4.98 Å². The molecule has 0 spiro atoms. The van der Waals surface area contributed by atoms with Crippen LogP contribution in [0.15, 0.2) is 67.4 Å². The maximum atomic E-state index is 13.5. The van der Waals surface area contributed by atoms with E-state index in [0.717, 1.165) is 58.8 Å². The number of carbonyl (C=O) groups excluding carboxylic acids is 1. The maximum Gasteiger partial charge on any atom is 0.227 e. The summed E-state index contributed by atoms with van der Waals surface area (Å²) in [5.74, 6) is 0.384. The largest absolute Gasteiger partial charge is 0.335 e. The Morgan fingerprint density at radius 2 is 1.73 bits per heavy atom. The molecule has 3 N–H and O–H groups in total. The van der Waals surface area contributed by atoms with Crippen LogP contribution in [0.5, 0.6) is 0 Å². The minimum atomic E-state index is -0.300. The number of H-pyrrole nitrogens is 2. The minimum absolute atomic E-state index is 0.0542. The first kappa shape index (κ1) is 24.1. The van der Waals surface area contributed by atoms with E-state index in [-0.39, 0.29) is 17.6 Å². The number of aromatic nitrogens is 7. The van der Waals surface area contributed by atoms with E-state index in [9.17, 15) is 9.18 Å². The molecule has 0 saturated heterocycles. The van der Waals surface area contributed by atoms with Gasteiger partial charge in [-0.3, -0.25) is 24.8 Å². The number of aromatic amines is 2. The van der Waals surface area contributed by atoms with Crippen molar-refractivity contribution in [1.29, 1.82) is 0 Å². The molecule has 1 aliphatic rings. The molecule has 1 amide bonds. The summed E-state index contributed by atoms with van der Waals surface area (Å²) in [4.78, 5) is 34.2. The number of anilines is 1. The molecule has 0 atom stereocenters. The van der Waals surface area contributed by atoms with E-state index in [0.29, 0.717) is 28.4 Å². The minimum Gasteiger partial charge on any atom is -0.335 e. The molecule has 5 heterocycles. The molecule has 0 bridgehead atoms. The first-order chi connectivity index (χ1) is 19.6. The number of amides is 1. The Morgan fingerprint density at radius 1 is 0.900 bits per heavy atom. The molecular weight excluding hydrogens is 507 g/mol. The predicted molar refractivity (Wildman–Crippen MR) is 151 cm³/mol. The van der Waals surface area contributed by atoms with Crippen molar-refractivity contribution < 1.29 is 9.18 Å². The van der Waals surface area contributed by atoms with Crippen LogP contribution in [0.4, 0.5) is 10.1 Å². The van der Waals surface area contributed by atoms with Gasteiger partial charge in [0.2, 0.25) is 5.91 Å². The van der Waals surface area contributed by atoms with E-state index < -0.39 is 0 Å². The highest BCUT2D eigenvalue weighted by molar-refractivity contribution is 5.97. The van der Waals surface area contributed by atoms with Gasteiger partial charge in [0.05, 0.1) is 46.5 Å². The van der Waals surface area contributed by atoms with Crippen LogP contribution in [0.3, 0.4) is 0 Å². The molecule has 1 aliphatic carbocycles. The van der Waals surface area contributed by atoms with Gasteiger partial charge in [-0.2, -0.15) is 5.10 Å². The second kappa shape index (κ2) is 9.96. The fourth-order valence-electron chi connectivity index (χ4n) is 5.40. The first-order valence-electron chi connectivity index (χ1n) is 13.3. The van der Waals surface area contributed by atoms with Crippen molar-refractivity contribution in [2.24, 2.45) is 5.92 Å². The number of halogens is 1. The number of hydrogen-bond acceptors (Lipinski definition) is 6. The Hall–Kier alpha value is -4.99. The lowest BCUT2D eigenvalue weighted by Gasteiger charge is -2.20. The maximum absolute atomic E-state index is 13.5. The average Bonchev–Trinajstić information content (AvgIpc) is 3.62. The van der Waals surface area contributed by atoms with Crippen LogP contribution >= 0.6 is 0 Å². The summed E-state index contributed by atoms with van der Waals surface area (Å²) in [5, 5.41) is 11.4. The van der Waals surface area contributed by atoms with Crippen molar-refractivity contribution in [3.63, 3.8) is 0 Å². The highest BCUT2D eigenvalue weighted by atomic mass is 19.1. The van der Waals surface area contributed by atoms with E-state index in [1.54, 1.807) is 43.1 Å². The first-order valence-corrected chi connectivity index (χ1v) is 13.3. The third-order valence-electron chi connectivity index (χ3n) is 7.50. The molecule has 1 aromatic carbocycles. The van der Waals surface area contributed by atoms with Gasteiger partial charge in [0.15, 0.2) is 5.82 Å². The van der Waals surface area contributed by atoms with Crippen LogP contribution in [-0.2, 0) is 4.79 Å². The van der Waals surface area contributed by atoms with Crippen LogP contribution in [0.2, 0.25) is 0 Å². The highest BCUT2D eigenvalue weighted by Gasteiger charge is 2.21. The van der Waals surface area contributed by atoms with Gasteiger partial charge in [-0.1, -0.05) is 31.4 Å². The van der Waals surface area contributed by atoms with Gasteiger partial charge < -0.3 is 10.3 Å². The zero-order valence-electron chi connectivity index (χ0n) is 21.5. The summed E-state index contributed by atoms with van der Waals surface area (Å²) in [7, 11) is 0. The van der Waals surface area contributed by atoms with Crippen molar-refractivity contribution in [1.82, 2.24) is 35.1 Å². The zero-order chi connectivity index (χ0) is 27.1. The average molecular weight is 533 g/mol. The SMILES string of the molecule is O=C(Nc1cncc(-c2cc3c(-c4nc5c(-c6ccc(F)cc6)cncc5[nH]4)n[nH]c3cn2)c1)C1CCCCC1. The Labute approximate surface area is 228 Å². The van der Waals surface area contributed by atoms with Crippen molar-refractivity contribution in [2.75, 3.05) is 5.32 Å². The normalized spacial score (nSPS) is 14.1. The van der Waals surface area contributed by atoms with Crippen LogP contribution in [0, 0.1) is 11.7 Å².